The van der Waals surface area contributed by atoms with E-state index in [2.05, 4.69) is 40.3 Å². The molecule has 2 N–H and O–H groups in total. The average molecular weight is 397 g/mol. The summed E-state index contributed by atoms with van der Waals surface area (Å²) in [4.78, 5) is 23.2. The van der Waals surface area contributed by atoms with Gasteiger partial charge in [0.1, 0.15) is 5.82 Å². The lowest BCUT2D eigenvalue weighted by molar-refractivity contribution is 0.0934. The molecule has 6 heteroatoms. The van der Waals surface area contributed by atoms with E-state index in [-0.39, 0.29) is 11.9 Å². The first-order valence-electron chi connectivity index (χ1n) is 9.75. The van der Waals surface area contributed by atoms with Gasteiger partial charge in [-0.3, -0.25) is 4.79 Å². The molecule has 0 aliphatic rings. The number of aromatic amines is 1. The van der Waals surface area contributed by atoms with Crippen LogP contribution in [0.1, 0.15) is 42.5 Å². The van der Waals surface area contributed by atoms with Gasteiger partial charge in [0.2, 0.25) is 0 Å². The fraction of sp³-hybridized carbons (Fsp3) is 0.364. The minimum absolute atomic E-state index is 0.0716. The van der Waals surface area contributed by atoms with Gasteiger partial charge in [-0.25, -0.2) is 4.98 Å². The van der Waals surface area contributed by atoms with Crippen molar-refractivity contribution in [3.05, 3.63) is 59.9 Å². The number of amides is 1. The van der Waals surface area contributed by atoms with Crippen molar-refractivity contribution >= 4 is 34.4 Å². The van der Waals surface area contributed by atoms with E-state index < -0.39 is 0 Å². The maximum atomic E-state index is 12.9. The maximum absolute atomic E-state index is 12.9. The largest absolute Gasteiger partial charge is 0.372 e. The molecule has 1 amide bonds. The number of benzene rings is 2. The van der Waals surface area contributed by atoms with Gasteiger partial charge in [-0.2, -0.15) is 11.8 Å². The number of rotatable bonds is 9. The molecule has 0 fully saturated rings. The van der Waals surface area contributed by atoms with Crippen molar-refractivity contribution in [1.82, 2.24) is 15.3 Å². The molecular weight excluding hydrogens is 368 g/mol. The number of nitrogens with zero attached hydrogens (tertiary/aromatic N) is 2. The van der Waals surface area contributed by atoms with E-state index in [4.69, 9.17) is 0 Å². The molecular formula is C22H28N4OS. The Hall–Kier alpha value is -2.47. The van der Waals surface area contributed by atoms with E-state index in [1.165, 1.54) is 0 Å². The van der Waals surface area contributed by atoms with Crippen LogP contribution in [0.15, 0.2) is 48.5 Å². The molecule has 0 bridgehead atoms. The maximum Gasteiger partial charge on any atom is 0.251 e. The number of thioether (sulfide) groups is 1. The second-order valence-electron chi connectivity index (χ2n) is 6.67. The summed E-state index contributed by atoms with van der Waals surface area (Å²) in [5, 5.41) is 3.16. The molecule has 0 saturated heterocycles. The summed E-state index contributed by atoms with van der Waals surface area (Å²) in [6.07, 6.45) is 2.90. The van der Waals surface area contributed by atoms with E-state index >= 15 is 0 Å². The van der Waals surface area contributed by atoms with Gasteiger partial charge in [0.15, 0.2) is 0 Å². The van der Waals surface area contributed by atoms with Gasteiger partial charge in [-0.05, 0) is 68.7 Å². The Labute approximate surface area is 170 Å². The highest BCUT2D eigenvalue weighted by atomic mass is 32.2. The van der Waals surface area contributed by atoms with Crippen LogP contribution in [-0.2, 0) is 0 Å². The number of hydrogen-bond acceptors (Lipinski definition) is 4. The fourth-order valence-corrected chi connectivity index (χ4v) is 3.78. The Balaban J connectivity index is 1.77. The highest BCUT2D eigenvalue weighted by molar-refractivity contribution is 7.98. The van der Waals surface area contributed by atoms with Crippen LogP contribution >= 0.6 is 11.8 Å². The molecule has 0 saturated carbocycles. The minimum atomic E-state index is -0.144. The van der Waals surface area contributed by atoms with Crippen molar-refractivity contribution in [1.29, 1.82) is 0 Å². The zero-order valence-electron chi connectivity index (χ0n) is 16.7. The Morgan fingerprint density at radius 1 is 1.14 bits per heavy atom. The number of carbonyl (C=O) groups excluding carboxylic acids is 1. The van der Waals surface area contributed by atoms with Crippen molar-refractivity contribution in [3.63, 3.8) is 0 Å². The molecule has 2 aromatic carbocycles. The summed E-state index contributed by atoms with van der Waals surface area (Å²) in [6.45, 7) is 6.16. The highest BCUT2D eigenvalue weighted by Gasteiger charge is 2.19. The van der Waals surface area contributed by atoms with Crippen LogP contribution in [0.2, 0.25) is 0 Å². The van der Waals surface area contributed by atoms with Crippen molar-refractivity contribution < 1.29 is 4.79 Å². The molecule has 0 aliphatic heterocycles. The summed E-state index contributed by atoms with van der Waals surface area (Å²) in [5.74, 6) is 1.68. The minimum Gasteiger partial charge on any atom is -0.372 e. The molecule has 0 aliphatic carbocycles. The number of nitrogens with one attached hydrogen (secondary N) is 2. The molecule has 3 rings (SSSR count). The molecule has 1 atom stereocenters. The van der Waals surface area contributed by atoms with Gasteiger partial charge in [0, 0.05) is 24.3 Å². The summed E-state index contributed by atoms with van der Waals surface area (Å²) in [5.41, 5.74) is 3.72. The number of anilines is 1. The second kappa shape index (κ2) is 9.64. The first-order chi connectivity index (χ1) is 13.7. The zero-order chi connectivity index (χ0) is 19.9. The van der Waals surface area contributed by atoms with Crippen LogP contribution in [-0.4, -0.2) is 41.0 Å². The lowest BCUT2D eigenvalue weighted by Gasteiger charge is -2.21. The van der Waals surface area contributed by atoms with E-state index in [1.54, 1.807) is 11.8 Å². The van der Waals surface area contributed by atoms with Crippen LogP contribution in [0, 0.1) is 0 Å². The van der Waals surface area contributed by atoms with Gasteiger partial charge in [0.25, 0.3) is 5.91 Å². The van der Waals surface area contributed by atoms with Crippen LogP contribution in [0.25, 0.3) is 11.0 Å². The molecule has 0 radical (unpaired) electrons. The second-order valence-corrected chi connectivity index (χ2v) is 7.65. The molecule has 0 spiro atoms. The van der Waals surface area contributed by atoms with Gasteiger partial charge >= 0.3 is 0 Å². The van der Waals surface area contributed by atoms with E-state index in [0.29, 0.717) is 5.56 Å². The highest BCUT2D eigenvalue weighted by Crippen LogP contribution is 2.21. The third kappa shape index (κ3) is 4.68. The first-order valence-corrected chi connectivity index (χ1v) is 11.1. The number of fused-ring (bicyclic) bond motifs is 1. The average Bonchev–Trinajstić information content (AvgIpc) is 3.16. The molecule has 148 valence electrons. The van der Waals surface area contributed by atoms with Gasteiger partial charge in [-0.1, -0.05) is 12.1 Å². The summed E-state index contributed by atoms with van der Waals surface area (Å²) in [6, 6.07) is 15.6. The smallest absolute Gasteiger partial charge is 0.251 e. The van der Waals surface area contributed by atoms with Crippen LogP contribution in [0.3, 0.4) is 0 Å². The number of para-hydroxylation sites is 2. The van der Waals surface area contributed by atoms with Crippen molar-refractivity contribution in [2.45, 2.75) is 26.3 Å². The standard InChI is InChI=1S/C22H28N4OS/c1-4-26(5-2)17-12-10-16(11-13-17)22(27)25-20(14-15-28-3)21-23-18-8-6-7-9-19(18)24-21/h6-13,20H,4-5,14-15H2,1-3H3,(H,23,24)(H,25,27). The van der Waals surface area contributed by atoms with Gasteiger partial charge in [-0.15, -0.1) is 0 Å². The molecule has 1 unspecified atom stereocenters. The van der Waals surface area contributed by atoms with Crippen molar-refractivity contribution in [3.8, 4) is 0 Å². The monoisotopic (exact) mass is 396 g/mol. The Morgan fingerprint density at radius 3 is 2.50 bits per heavy atom. The zero-order valence-corrected chi connectivity index (χ0v) is 17.6. The summed E-state index contributed by atoms with van der Waals surface area (Å²) in [7, 11) is 0. The summed E-state index contributed by atoms with van der Waals surface area (Å²) < 4.78 is 0. The molecule has 5 nitrogen and oxygen atoms in total. The molecule has 28 heavy (non-hydrogen) atoms. The Morgan fingerprint density at radius 2 is 1.86 bits per heavy atom. The Bertz CT molecular complexity index is 869. The number of imidazole rings is 1. The van der Waals surface area contributed by atoms with Gasteiger partial charge in [0.05, 0.1) is 17.1 Å². The number of carbonyl (C=O) groups is 1. The first kappa shape index (κ1) is 20.3. The fourth-order valence-electron chi connectivity index (χ4n) is 3.30. The van der Waals surface area contributed by atoms with E-state index in [1.807, 2.05) is 48.5 Å². The van der Waals surface area contributed by atoms with E-state index in [9.17, 15) is 4.79 Å². The predicted octanol–water partition coefficient (Wildman–Crippen LogP) is 4.63. The van der Waals surface area contributed by atoms with Gasteiger partial charge < -0.3 is 15.2 Å². The van der Waals surface area contributed by atoms with Crippen molar-refractivity contribution in [2.24, 2.45) is 0 Å². The van der Waals surface area contributed by atoms with Crippen LogP contribution in [0.4, 0.5) is 5.69 Å². The van der Waals surface area contributed by atoms with E-state index in [0.717, 1.165) is 47.8 Å². The third-order valence-corrected chi connectivity index (χ3v) is 5.56. The third-order valence-electron chi connectivity index (χ3n) is 4.91. The van der Waals surface area contributed by atoms with Crippen LogP contribution < -0.4 is 10.2 Å². The number of H-pyrrole nitrogens is 1. The number of aromatic nitrogens is 2. The molecule has 3 aromatic rings. The normalized spacial score (nSPS) is 12.1. The SMILES string of the molecule is CCN(CC)c1ccc(C(=O)NC(CCSC)c2nc3ccccc3[nH]2)cc1. The van der Waals surface area contributed by atoms with Crippen molar-refractivity contribution in [2.75, 3.05) is 30.0 Å². The molecule has 1 aromatic heterocycles. The summed E-state index contributed by atoms with van der Waals surface area (Å²) >= 11 is 1.77. The quantitative estimate of drug-likeness (QED) is 0.553. The molecule has 1 heterocycles. The lowest BCUT2D eigenvalue weighted by Crippen LogP contribution is -2.30. The van der Waals surface area contributed by atoms with Crippen LogP contribution in [0.5, 0.6) is 0 Å². The predicted molar refractivity (Wildman–Crippen MR) is 119 cm³/mol. The number of hydrogen-bond donors (Lipinski definition) is 2. The topological polar surface area (TPSA) is 61.0 Å². The Kier molecular flexibility index (Phi) is 6.98. The lowest BCUT2D eigenvalue weighted by atomic mass is 10.1.